The number of anilines is 2. The molecule has 2 aromatic heterocycles. The third kappa shape index (κ3) is 4.27. The van der Waals surface area contributed by atoms with Gasteiger partial charge in [0, 0.05) is 29.9 Å². The third-order valence-corrected chi connectivity index (χ3v) is 5.46. The standard InChI is InChI=1S/C19H22ClN6O.Al/c1-27-17-3-2-15(10-16(17)20)24-19-18-13(4-9-26(18)23-12-22-19)11-25-7-5-14(21)6-8-25;/h2-4,9-10,12,14H,1,5-8,11,21H2,(H,22,23,24);. The molecule has 1 aliphatic rings. The Kier molecular flexibility index (Phi) is 6.05. The van der Waals surface area contributed by atoms with Crippen LogP contribution in [0.25, 0.3) is 5.52 Å². The number of fused-ring (bicyclic) bond motifs is 1. The second-order valence-corrected chi connectivity index (χ2v) is 7.68. The van der Waals surface area contributed by atoms with Crippen LogP contribution in [0.1, 0.15) is 18.4 Å². The first-order valence-electron chi connectivity index (χ1n) is 9.32. The maximum absolute atomic E-state index is 6.31. The van der Waals surface area contributed by atoms with E-state index in [1.165, 1.54) is 5.56 Å². The minimum atomic E-state index is 0.325. The summed E-state index contributed by atoms with van der Waals surface area (Å²) in [5, 5.41) is 8.27. The second-order valence-electron chi connectivity index (χ2n) is 6.94. The molecule has 28 heavy (non-hydrogen) atoms. The van der Waals surface area contributed by atoms with Crippen molar-refractivity contribution in [1.82, 2.24) is 19.5 Å². The molecule has 0 spiro atoms. The van der Waals surface area contributed by atoms with Crippen LogP contribution in [0.15, 0.2) is 36.8 Å². The molecule has 0 saturated carbocycles. The second kappa shape index (κ2) is 8.68. The lowest BCUT2D eigenvalue weighted by Gasteiger charge is -2.29. The normalized spacial score (nSPS) is 15.8. The predicted molar refractivity (Wildman–Crippen MR) is 111 cm³/mol. The number of ether oxygens (including phenoxy) is 1. The topological polar surface area (TPSA) is 80.7 Å². The van der Waals surface area contributed by atoms with Gasteiger partial charge in [0.2, 0.25) is 0 Å². The van der Waals surface area contributed by atoms with Gasteiger partial charge in [-0.25, -0.2) is 9.50 Å². The molecular formula is C19H22AlClN6O. The summed E-state index contributed by atoms with van der Waals surface area (Å²) < 4.78 is 7.32. The van der Waals surface area contributed by atoms with Gasteiger partial charge in [0.1, 0.15) is 17.6 Å². The van der Waals surface area contributed by atoms with Crippen molar-refractivity contribution >= 4 is 44.9 Å². The lowest BCUT2D eigenvalue weighted by molar-refractivity contribution is 0.206. The zero-order valence-electron chi connectivity index (χ0n) is 15.5. The van der Waals surface area contributed by atoms with E-state index in [2.05, 4.69) is 42.7 Å². The largest absolute Gasteiger partial charge is 0.510 e. The Labute approximate surface area is 177 Å². The van der Waals surface area contributed by atoms with Crippen LogP contribution >= 0.6 is 11.6 Å². The smallest absolute Gasteiger partial charge is 0.186 e. The Morgan fingerprint density at radius 3 is 2.86 bits per heavy atom. The molecule has 3 aromatic rings. The van der Waals surface area contributed by atoms with Crippen LogP contribution in [0.3, 0.4) is 0 Å². The number of benzene rings is 1. The summed E-state index contributed by atoms with van der Waals surface area (Å²) in [6.45, 7) is 2.89. The summed E-state index contributed by atoms with van der Waals surface area (Å²) in [5.74, 6) is 1.40. The van der Waals surface area contributed by atoms with Gasteiger partial charge in [-0.05, 0) is 55.8 Å². The third-order valence-electron chi connectivity index (χ3n) is 5.00. The average Bonchev–Trinajstić information content (AvgIpc) is 3.10. The number of halogens is 1. The van der Waals surface area contributed by atoms with Gasteiger partial charge in [0.25, 0.3) is 0 Å². The van der Waals surface area contributed by atoms with Gasteiger partial charge in [-0.1, -0.05) is 11.6 Å². The summed E-state index contributed by atoms with van der Waals surface area (Å²) in [6.07, 6.45) is 5.59. The number of nitrogens with two attached hydrogens (primary N) is 1. The van der Waals surface area contributed by atoms with Crippen LogP contribution in [0, 0.1) is 0 Å². The van der Waals surface area contributed by atoms with E-state index in [1.54, 1.807) is 6.33 Å². The van der Waals surface area contributed by atoms with E-state index >= 15 is 0 Å². The molecule has 0 atom stereocenters. The van der Waals surface area contributed by atoms with Crippen molar-refractivity contribution in [3.63, 3.8) is 0 Å². The average molecular weight is 413 g/mol. The first-order valence-corrected chi connectivity index (χ1v) is 10.5. The van der Waals surface area contributed by atoms with E-state index in [0.29, 0.717) is 22.3 Å². The van der Waals surface area contributed by atoms with Crippen molar-refractivity contribution in [1.29, 1.82) is 0 Å². The van der Waals surface area contributed by atoms with Crippen LogP contribution in [0.2, 0.25) is 5.02 Å². The SMILES string of the molecule is NC1CCN(Cc2ccn3ncnc(Nc4ccc(O[CH2][Al])c(Cl)c4)c23)CC1. The molecule has 144 valence electrons. The fourth-order valence-electron chi connectivity index (χ4n) is 3.51. The molecule has 0 bridgehead atoms. The predicted octanol–water partition coefficient (Wildman–Crippen LogP) is 2.55. The van der Waals surface area contributed by atoms with Crippen molar-refractivity contribution in [3.8, 4) is 5.75 Å². The highest BCUT2D eigenvalue weighted by atomic mass is 35.5. The van der Waals surface area contributed by atoms with Crippen molar-refractivity contribution in [2.45, 2.75) is 25.4 Å². The van der Waals surface area contributed by atoms with Gasteiger partial charge in [0.05, 0.1) is 5.02 Å². The Hall–Kier alpha value is -1.82. The molecule has 1 fully saturated rings. The highest BCUT2D eigenvalue weighted by Crippen LogP contribution is 2.30. The molecule has 1 aliphatic heterocycles. The van der Waals surface area contributed by atoms with Gasteiger partial charge in [0.15, 0.2) is 22.1 Å². The van der Waals surface area contributed by atoms with Crippen LogP contribution < -0.4 is 15.8 Å². The number of hydrogen-bond acceptors (Lipinski definition) is 6. The van der Waals surface area contributed by atoms with Gasteiger partial charge in [-0.3, -0.25) is 4.90 Å². The minimum Gasteiger partial charge on any atom is -0.510 e. The van der Waals surface area contributed by atoms with Crippen LogP contribution in [0.4, 0.5) is 11.5 Å². The van der Waals surface area contributed by atoms with E-state index in [9.17, 15) is 0 Å². The van der Waals surface area contributed by atoms with Crippen molar-refractivity contribution < 1.29 is 4.74 Å². The summed E-state index contributed by atoms with van der Waals surface area (Å²) in [5.41, 5.74) is 9.53. The number of likely N-dealkylation sites (tertiary alicyclic amines) is 1. The van der Waals surface area contributed by atoms with E-state index in [-0.39, 0.29) is 0 Å². The molecule has 0 aliphatic carbocycles. The number of aromatic nitrogens is 3. The van der Waals surface area contributed by atoms with E-state index < -0.39 is 0 Å². The Morgan fingerprint density at radius 2 is 2.11 bits per heavy atom. The summed E-state index contributed by atoms with van der Waals surface area (Å²) in [4.78, 5) is 6.90. The maximum Gasteiger partial charge on any atom is 0.186 e. The van der Waals surface area contributed by atoms with Gasteiger partial charge >= 0.3 is 0 Å². The zero-order valence-corrected chi connectivity index (χ0v) is 17.4. The number of nitrogens with zero attached hydrogens (tertiary/aromatic N) is 4. The van der Waals surface area contributed by atoms with E-state index in [0.717, 1.165) is 49.5 Å². The van der Waals surface area contributed by atoms with Gasteiger partial charge in [-0.2, -0.15) is 5.10 Å². The fraction of sp³-hybridized carbons (Fsp3) is 0.368. The monoisotopic (exact) mass is 412 g/mol. The Morgan fingerprint density at radius 1 is 1.29 bits per heavy atom. The van der Waals surface area contributed by atoms with E-state index in [4.69, 9.17) is 22.1 Å². The van der Waals surface area contributed by atoms with Crippen LogP contribution in [-0.2, 0) is 6.54 Å². The molecule has 4 rings (SSSR count). The van der Waals surface area contributed by atoms with Gasteiger partial charge in [-0.15, -0.1) is 0 Å². The molecule has 3 N–H and O–H groups in total. The molecule has 0 unspecified atom stereocenters. The number of nitrogens with one attached hydrogen (secondary N) is 1. The lowest BCUT2D eigenvalue weighted by atomic mass is 10.1. The molecule has 0 amide bonds. The first-order chi connectivity index (χ1) is 13.6. The zero-order chi connectivity index (χ0) is 19.5. The van der Waals surface area contributed by atoms with Crippen molar-refractivity contribution in [2.75, 3.05) is 23.9 Å². The quantitative estimate of drug-likeness (QED) is 0.606. The van der Waals surface area contributed by atoms with Crippen molar-refractivity contribution in [2.24, 2.45) is 5.73 Å². The molecule has 3 heterocycles. The maximum atomic E-state index is 6.31. The summed E-state index contributed by atoms with van der Waals surface area (Å²) in [7, 11) is 0. The molecule has 2 radical (unpaired) electrons. The number of rotatable bonds is 6. The van der Waals surface area contributed by atoms with Gasteiger partial charge < -0.3 is 15.8 Å². The summed E-state index contributed by atoms with van der Waals surface area (Å²) >= 11 is 8.83. The molecule has 7 nitrogen and oxygen atoms in total. The number of piperidine rings is 1. The molecule has 1 aromatic carbocycles. The highest BCUT2D eigenvalue weighted by molar-refractivity contribution is 6.32. The molecule has 9 heteroatoms. The fourth-order valence-corrected chi connectivity index (χ4v) is 3.93. The Bertz CT molecular complexity index is 957. The Balaban J connectivity index is 1.59. The lowest BCUT2D eigenvalue weighted by Crippen LogP contribution is -2.39. The first kappa shape index (κ1) is 19.5. The molecule has 1 saturated heterocycles. The summed E-state index contributed by atoms with van der Waals surface area (Å²) in [6, 6.07) is 8.04. The van der Waals surface area contributed by atoms with E-state index in [1.807, 2.05) is 28.9 Å². The molecular weight excluding hydrogens is 391 g/mol. The number of hydrogen-bond donors (Lipinski definition) is 2. The van der Waals surface area contributed by atoms with Crippen LogP contribution in [0.5, 0.6) is 5.75 Å². The van der Waals surface area contributed by atoms with Crippen molar-refractivity contribution in [3.05, 3.63) is 47.4 Å². The van der Waals surface area contributed by atoms with Crippen LogP contribution in [-0.4, -0.2) is 60.4 Å². The minimum absolute atomic E-state index is 0.325. The highest BCUT2D eigenvalue weighted by Gasteiger charge is 2.19.